The third kappa shape index (κ3) is 4.74. The molecule has 2 N–H and O–H groups in total. The molecule has 0 saturated carbocycles. The van der Waals surface area contributed by atoms with E-state index in [0.29, 0.717) is 29.4 Å². The van der Waals surface area contributed by atoms with Crippen molar-refractivity contribution in [3.05, 3.63) is 64.1 Å². The lowest BCUT2D eigenvalue weighted by atomic mass is 9.61. The van der Waals surface area contributed by atoms with Crippen molar-refractivity contribution in [1.29, 1.82) is 5.41 Å². The molecule has 2 aliphatic rings. The molecule has 5 rings (SSSR count). The van der Waals surface area contributed by atoms with Crippen molar-refractivity contribution < 1.29 is 9.18 Å². The predicted molar refractivity (Wildman–Crippen MR) is 142 cm³/mol. The molecular weight excluding hydrogens is 497 g/mol. The lowest BCUT2D eigenvalue weighted by molar-refractivity contribution is 0.0419. The number of fused-ring (bicyclic) bond motifs is 2. The Morgan fingerprint density at radius 1 is 1.39 bits per heavy atom. The minimum Gasteiger partial charge on any atom is -0.306 e. The maximum absolute atomic E-state index is 14.0. The summed E-state index contributed by atoms with van der Waals surface area (Å²) in [6.07, 6.45) is 6.86. The van der Waals surface area contributed by atoms with E-state index < -0.39 is 5.41 Å². The molecule has 2 unspecified atom stereocenters. The van der Waals surface area contributed by atoms with Gasteiger partial charge in [-0.2, -0.15) is 10.2 Å². The summed E-state index contributed by atoms with van der Waals surface area (Å²) >= 11 is 2.79. The van der Waals surface area contributed by atoms with E-state index in [1.165, 1.54) is 41.6 Å². The van der Waals surface area contributed by atoms with Gasteiger partial charge >= 0.3 is 0 Å². The summed E-state index contributed by atoms with van der Waals surface area (Å²) in [6.45, 7) is 5.30. The number of piperidine rings is 1. The standard InChI is InChI=1S/C25H28FN7OS2/c1-16(2)30-31-22(13-27)36-32-9-7-18-11-21-17(14-29-33(21)20-5-3-19(26)4-6-20)12-25(18,15-32)23(34)24-28-8-10-35-24/h3-6,8,10,13-14,16,18,27,30H,7,9,11-12,15H2,1-2H3/b27-13?,31-22+. The maximum Gasteiger partial charge on any atom is 0.199 e. The zero-order valence-electron chi connectivity index (χ0n) is 20.1. The second-order valence-corrected chi connectivity index (χ2v) is 11.5. The molecule has 1 saturated heterocycles. The highest BCUT2D eigenvalue weighted by atomic mass is 32.2. The first-order valence-electron chi connectivity index (χ1n) is 11.9. The van der Waals surface area contributed by atoms with Crippen LogP contribution in [0, 0.1) is 22.6 Å². The van der Waals surface area contributed by atoms with Crippen molar-refractivity contribution in [2.75, 3.05) is 13.1 Å². The van der Waals surface area contributed by atoms with E-state index in [1.54, 1.807) is 18.3 Å². The van der Waals surface area contributed by atoms with Crippen LogP contribution in [0.2, 0.25) is 0 Å². The Bertz CT molecular complexity index is 1270. The smallest absolute Gasteiger partial charge is 0.199 e. The van der Waals surface area contributed by atoms with Crippen LogP contribution in [-0.4, -0.2) is 55.2 Å². The quantitative estimate of drug-likeness (QED) is 0.156. The summed E-state index contributed by atoms with van der Waals surface area (Å²) in [7, 11) is 0. The predicted octanol–water partition coefficient (Wildman–Crippen LogP) is 4.37. The van der Waals surface area contributed by atoms with Gasteiger partial charge in [0.2, 0.25) is 0 Å². The van der Waals surface area contributed by atoms with Gasteiger partial charge in [-0.15, -0.1) is 11.3 Å². The van der Waals surface area contributed by atoms with E-state index >= 15 is 0 Å². The van der Waals surface area contributed by atoms with Crippen molar-refractivity contribution in [3.63, 3.8) is 0 Å². The van der Waals surface area contributed by atoms with Gasteiger partial charge in [-0.1, -0.05) is 0 Å². The number of carbonyl (C=O) groups is 1. The van der Waals surface area contributed by atoms with Crippen molar-refractivity contribution in [3.8, 4) is 5.69 Å². The summed E-state index contributed by atoms with van der Waals surface area (Å²) in [6, 6.07) is 6.50. The highest BCUT2D eigenvalue weighted by Crippen LogP contribution is 2.49. The summed E-state index contributed by atoms with van der Waals surface area (Å²) in [5.74, 6) is -0.0981. The van der Waals surface area contributed by atoms with E-state index in [-0.39, 0.29) is 23.6 Å². The van der Waals surface area contributed by atoms with E-state index in [2.05, 4.69) is 24.9 Å². The molecule has 3 aromatic rings. The van der Waals surface area contributed by atoms with Gasteiger partial charge in [0.25, 0.3) is 0 Å². The van der Waals surface area contributed by atoms with Gasteiger partial charge in [0, 0.05) is 36.4 Å². The van der Waals surface area contributed by atoms with Crippen molar-refractivity contribution >= 4 is 40.3 Å². The normalized spacial score (nSPS) is 22.2. The zero-order chi connectivity index (χ0) is 25.3. The largest absolute Gasteiger partial charge is 0.306 e. The Kier molecular flexibility index (Phi) is 7.05. The van der Waals surface area contributed by atoms with Crippen LogP contribution in [0.4, 0.5) is 4.39 Å². The SMILES string of the molecule is CC(C)N/N=C(\C=N)SN1CCC2Cc3c(cnn3-c3ccc(F)cc3)CC2(C(=O)c2nccs2)C1. The Balaban J connectivity index is 1.48. The number of rotatable bonds is 7. The molecule has 0 radical (unpaired) electrons. The number of halogens is 1. The van der Waals surface area contributed by atoms with Crippen LogP contribution in [0.15, 0.2) is 47.1 Å². The molecule has 8 nitrogen and oxygen atoms in total. The van der Waals surface area contributed by atoms with Crippen LogP contribution in [0.5, 0.6) is 0 Å². The maximum atomic E-state index is 14.0. The van der Waals surface area contributed by atoms with Gasteiger partial charge in [-0.3, -0.25) is 4.79 Å². The van der Waals surface area contributed by atoms with Crippen LogP contribution >= 0.6 is 23.3 Å². The number of benzene rings is 1. The van der Waals surface area contributed by atoms with Gasteiger partial charge < -0.3 is 10.8 Å². The average Bonchev–Trinajstić information content (AvgIpc) is 3.55. The number of aromatic nitrogens is 3. The second-order valence-electron chi connectivity index (χ2n) is 9.53. The fourth-order valence-corrected chi connectivity index (χ4v) is 6.70. The molecular formula is C25H28FN7OS2. The van der Waals surface area contributed by atoms with Crippen molar-refractivity contribution in [2.45, 2.75) is 39.2 Å². The number of Topliss-reactive ketones (excluding diaryl/α,β-unsaturated/α-hetero) is 1. The zero-order valence-corrected chi connectivity index (χ0v) is 21.8. The van der Waals surface area contributed by atoms with Gasteiger partial charge in [-0.25, -0.2) is 18.4 Å². The third-order valence-corrected chi connectivity index (χ3v) is 8.53. The number of hydrogen-bond donors (Lipinski definition) is 2. The highest BCUT2D eigenvalue weighted by molar-refractivity contribution is 8.13. The number of hydrogen-bond acceptors (Lipinski definition) is 9. The van der Waals surface area contributed by atoms with Gasteiger partial charge in [0.15, 0.2) is 10.8 Å². The molecule has 0 bridgehead atoms. The first kappa shape index (κ1) is 24.8. The van der Waals surface area contributed by atoms with E-state index in [0.717, 1.165) is 29.9 Å². The lowest BCUT2D eigenvalue weighted by Crippen LogP contribution is -2.55. The van der Waals surface area contributed by atoms with E-state index in [1.807, 2.05) is 30.1 Å². The Morgan fingerprint density at radius 3 is 2.89 bits per heavy atom. The first-order valence-corrected chi connectivity index (χ1v) is 13.6. The molecule has 2 atom stereocenters. The van der Waals surface area contributed by atoms with E-state index in [4.69, 9.17) is 5.41 Å². The molecule has 11 heteroatoms. The minimum absolute atomic E-state index is 0.0710. The summed E-state index contributed by atoms with van der Waals surface area (Å²) in [4.78, 5) is 18.4. The number of hydrazone groups is 1. The topological polar surface area (TPSA) is 99.3 Å². The van der Waals surface area contributed by atoms with Crippen molar-refractivity contribution in [1.82, 2.24) is 24.5 Å². The molecule has 0 spiro atoms. The molecule has 1 aromatic carbocycles. The molecule has 3 heterocycles. The highest BCUT2D eigenvalue weighted by Gasteiger charge is 2.53. The fourth-order valence-electron chi connectivity index (χ4n) is 5.12. The molecule has 36 heavy (non-hydrogen) atoms. The van der Waals surface area contributed by atoms with Gasteiger partial charge in [0.05, 0.1) is 23.5 Å². The van der Waals surface area contributed by atoms with Gasteiger partial charge in [-0.05, 0) is 80.8 Å². The van der Waals surface area contributed by atoms with Crippen LogP contribution in [-0.2, 0) is 12.8 Å². The fraction of sp³-hybridized carbons (Fsp3) is 0.400. The first-order chi connectivity index (χ1) is 17.4. The summed E-state index contributed by atoms with van der Waals surface area (Å²) < 4.78 is 17.5. The molecule has 1 fully saturated rings. The van der Waals surface area contributed by atoms with Crippen LogP contribution in [0.1, 0.15) is 41.3 Å². The van der Waals surface area contributed by atoms with Crippen LogP contribution in [0.25, 0.3) is 5.69 Å². The number of nitrogens with one attached hydrogen (secondary N) is 2. The van der Waals surface area contributed by atoms with Crippen LogP contribution in [0.3, 0.4) is 0 Å². The molecule has 1 aliphatic heterocycles. The molecule has 2 aromatic heterocycles. The lowest BCUT2D eigenvalue weighted by Gasteiger charge is -2.48. The van der Waals surface area contributed by atoms with Gasteiger partial charge in [0.1, 0.15) is 10.9 Å². The number of ketones is 1. The average molecular weight is 526 g/mol. The van der Waals surface area contributed by atoms with Crippen molar-refractivity contribution in [2.24, 2.45) is 16.4 Å². The second kappa shape index (κ2) is 10.2. The number of nitrogens with zero attached hydrogens (tertiary/aromatic N) is 5. The number of carbonyl (C=O) groups excluding carboxylic acids is 1. The van der Waals surface area contributed by atoms with Crippen LogP contribution < -0.4 is 5.43 Å². The monoisotopic (exact) mass is 525 g/mol. The molecule has 1 aliphatic carbocycles. The minimum atomic E-state index is -0.647. The Morgan fingerprint density at radius 2 is 2.19 bits per heavy atom. The number of thiazole rings is 1. The molecule has 188 valence electrons. The Labute approximate surface area is 217 Å². The van der Waals surface area contributed by atoms with E-state index in [9.17, 15) is 9.18 Å². The summed E-state index contributed by atoms with van der Waals surface area (Å²) in [5.41, 5.74) is 5.30. The molecule has 0 amide bonds. The third-order valence-electron chi connectivity index (χ3n) is 6.80. The Hall–Kier alpha value is -2.89. The summed E-state index contributed by atoms with van der Waals surface area (Å²) in [5, 5.41) is 19.7.